The molecule has 0 fully saturated rings. The van der Waals surface area contributed by atoms with Crippen molar-refractivity contribution in [1.29, 1.82) is 0 Å². The maximum atomic E-state index is 6.06. The molecular weight excluding hydrogens is 148 g/mol. The van der Waals surface area contributed by atoms with Crippen molar-refractivity contribution in [3.63, 3.8) is 0 Å². The fourth-order valence-electron chi connectivity index (χ4n) is 1.06. The lowest BCUT2D eigenvalue weighted by Crippen LogP contribution is -2.48. The van der Waals surface area contributed by atoms with E-state index in [0.717, 1.165) is 5.56 Å². The second kappa shape index (κ2) is 3.25. The largest absolute Gasteiger partial charge is 0.326 e. The van der Waals surface area contributed by atoms with Gasteiger partial charge in [0.15, 0.2) is 0 Å². The Morgan fingerprint density at radius 2 is 1.75 bits per heavy atom. The van der Waals surface area contributed by atoms with Crippen molar-refractivity contribution in [3.05, 3.63) is 35.9 Å². The molecule has 0 saturated heterocycles. The first kappa shape index (κ1) is 9.23. The summed E-state index contributed by atoms with van der Waals surface area (Å²) in [5, 5.41) is 0. The summed E-state index contributed by atoms with van der Waals surface area (Å²) in [5.41, 5.74) is 12.5. The van der Waals surface area contributed by atoms with Crippen LogP contribution in [0.3, 0.4) is 0 Å². The molecule has 2 nitrogen and oxygen atoms in total. The van der Waals surface area contributed by atoms with E-state index < -0.39 is 5.54 Å². The quantitative estimate of drug-likeness (QED) is 0.690. The minimum Gasteiger partial charge on any atom is -0.326 e. The maximum Gasteiger partial charge on any atom is 0.0531 e. The Labute approximate surface area is 73.6 Å². The average Bonchev–Trinajstić information content (AvgIpc) is 2.06. The Morgan fingerprint density at radius 1 is 1.25 bits per heavy atom. The first-order valence-electron chi connectivity index (χ1n) is 4.15. The highest BCUT2D eigenvalue weighted by molar-refractivity contribution is 5.24. The van der Waals surface area contributed by atoms with Crippen molar-refractivity contribution in [2.24, 2.45) is 11.5 Å². The molecule has 0 aromatic heterocycles. The van der Waals surface area contributed by atoms with Crippen molar-refractivity contribution >= 4 is 0 Å². The predicted octanol–water partition coefficient (Wildman–Crippen LogP) is 1.21. The smallest absolute Gasteiger partial charge is 0.0531 e. The van der Waals surface area contributed by atoms with Crippen LogP contribution in [0.4, 0.5) is 0 Å². The number of nitrogens with two attached hydrogens (primary N) is 2. The SMILES string of the molecule is CC(N)[C@@](C)(N)c1ccccc1. The zero-order valence-electron chi connectivity index (χ0n) is 7.62. The van der Waals surface area contributed by atoms with Crippen LogP contribution in [0.25, 0.3) is 0 Å². The van der Waals surface area contributed by atoms with Gasteiger partial charge in [0.2, 0.25) is 0 Å². The molecule has 0 aliphatic carbocycles. The highest BCUT2D eigenvalue weighted by Crippen LogP contribution is 2.19. The third-order valence-electron chi connectivity index (χ3n) is 2.34. The third-order valence-corrected chi connectivity index (χ3v) is 2.34. The summed E-state index contributed by atoms with van der Waals surface area (Å²) in [6.07, 6.45) is 0. The Kier molecular flexibility index (Phi) is 2.50. The summed E-state index contributed by atoms with van der Waals surface area (Å²) in [7, 11) is 0. The Balaban J connectivity index is 2.98. The second-order valence-electron chi connectivity index (χ2n) is 3.44. The normalized spacial score (nSPS) is 18.3. The fraction of sp³-hybridized carbons (Fsp3) is 0.400. The lowest BCUT2D eigenvalue weighted by atomic mass is 9.87. The molecule has 0 bridgehead atoms. The molecular formula is C10H16N2. The highest BCUT2D eigenvalue weighted by atomic mass is 14.8. The van der Waals surface area contributed by atoms with Crippen LogP contribution in [0.2, 0.25) is 0 Å². The van der Waals surface area contributed by atoms with Crippen molar-refractivity contribution in [1.82, 2.24) is 0 Å². The van der Waals surface area contributed by atoms with E-state index in [0.29, 0.717) is 0 Å². The molecule has 2 heteroatoms. The lowest BCUT2D eigenvalue weighted by molar-refractivity contribution is 0.410. The van der Waals surface area contributed by atoms with Gasteiger partial charge in [-0.2, -0.15) is 0 Å². The molecule has 0 amide bonds. The van der Waals surface area contributed by atoms with Crippen molar-refractivity contribution < 1.29 is 0 Å². The van der Waals surface area contributed by atoms with Gasteiger partial charge in [-0.3, -0.25) is 0 Å². The van der Waals surface area contributed by atoms with E-state index in [1.807, 2.05) is 44.2 Å². The standard InChI is InChI=1S/C10H16N2/c1-8(11)10(2,12)9-6-4-3-5-7-9/h3-8H,11-12H2,1-2H3/t8?,10-/m1/s1. The Morgan fingerprint density at radius 3 is 2.17 bits per heavy atom. The van der Waals surface area contributed by atoms with Gasteiger partial charge in [-0.1, -0.05) is 30.3 Å². The van der Waals surface area contributed by atoms with Gasteiger partial charge in [0.1, 0.15) is 0 Å². The van der Waals surface area contributed by atoms with Gasteiger partial charge >= 0.3 is 0 Å². The molecule has 12 heavy (non-hydrogen) atoms. The molecule has 1 aromatic rings. The monoisotopic (exact) mass is 164 g/mol. The molecule has 0 aliphatic heterocycles. The average molecular weight is 164 g/mol. The molecule has 4 N–H and O–H groups in total. The summed E-state index contributed by atoms with van der Waals surface area (Å²) in [6, 6.07) is 9.89. The van der Waals surface area contributed by atoms with Gasteiger partial charge in [-0.05, 0) is 19.4 Å². The molecule has 66 valence electrons. The van der Waals surface area contributed by atoms with Crippen LogP contribution >= 0.6 is 0 Å². The van der Waals surface area contributed by atoms with Crippen LogP contribution in [-0.2, 0) is 5.54 Å². The lowest BCUT2D eigenvalue weighted by Gasteiger charge is -2.29. The zero-order valence-corrected chi connectivity index (χ0v) is 7.62. The number of hydrogen-bond acceptors (Lipinski definition) is 2. The van der Waals surface area contributed by atoms with Gasteiger partial charge < -0.3 is 11.5 Å². The molecule has 0 radical (unpaired) electrons. The Hall–Kier alpha value is -0.860. The molecule has 0 spiro atoms. The van der Waals surface area contributed by atoms with Gasteiger partial charge in [0.25, 0.3) is 0 Å². The molecule has 0 aliphatic rings. The van der Waals surface area contributed by atoms with Crippen LogP contribution in [-0.4, -0.2) is 6.04 Å². The molecule has 1 unspecified atom stereocenters. The van der Waals surface area contributed by atoms with E-state index in [1.54, 1.807) is 0 Å². The van der Waals surface area contributed by atoms with Gasteiger partial charge in [-0.15, -0.1) is 0 Å². The minimum absolute atomic E-state index is 0.0418. The molecule has 1 rings (SSSR count). The van der Waals surface area contributed by atoms with Crippen LogP contribution in [0, 0.1) is 0 Å². The van der Waals surface area contributed by atoms with Crippen molar-refractivity contribution in [2.75, 3.05) is 0 Å². The van der Waals surface area contributed by atoms with Crippen LogP contribution < -0.4 is 11.5 Å². The van der Waals surface area contributed by atoms with Crippen LogP contribution in [0.5, 0.6) is 0 Å². The first-order chi connectivity index (χ1) is 5.55. The Bertz CT molecular complexity index is 239. The van der Waals surface area contributed by atoms with Crippen molar-refractivity contribution in [2.45, 2.75) is 25.4 Å². The van der Waals surface area contributed by atoms with Crippen LogP contribution in [0.15, 0.2) is 30.3 Å². The summed E-state index contributed by atoms with van der Waals surface area (Å²) in [5.74, 6) is 0. The van der Waals surface area contributed by atoms with E-state index in [9.17, 15) is 0 Å². The van der Waals surface area contributed by atoms with E-state index in [2.05, 4.69) is 0 Å². The fourth-order valence-corrected chi connectivity index (χ4v) is 1.06. The van der Waals surface area contributed by atoms with E-state index in [1.165, 1.54) is 0 Å². The van der Waals surface area contributed by atoms with Crippen LogP contribution in [0.1, 0.15) is 19.4 Å². The predicted molar refractivity (Wildman–Crippen MR) is 51.6 cm³/mol. The van der Waals surface area contributed by atoms with E-state index >= 15 is 0 Å². The minimum atomic E-state index is -0.429. The molecule has 0 saturated carbocycles. The maximum absolute atomic E-state index is 6.06. The van der Waals surface area contributed by atoms with E-state index in [-0.39, 0.29) is 6.04 Å². The summed E-state index contributed by atoms with van der Waals surface area (Å²) in [6.45, 7) is 3.88. The topological polar surface area (TPSA) is 52.0 Å². The number of benzene rings is 1. The third kappa shape index (κ3) is 1.65. The number of hydrogen-bond donors (Lipinski definition) is 2. The molecule has 0 heterocycles. The highest BCUT2D eigenvalue weighted by Gasteiger charge is 2.24. The first-order valence-corrected chi connectivity index (χ1v) is 4.15. The van der Waals surface area contributed by atoms with E-state index in [4.69, 9.17) is 11.5 Å². The van der Waals surface area contributed by atoms with Gasteiger partial charge in [-0.25, -0.2) is 0 Å². The summed E-state index contributed by atoms with van der Waals surface area (Å²) >= 11 is 0. The summed E-state index contributed by atoms with van der Waals surface area (Å²) in [4.78, 5) is 0. The second-order valence-corrected chi connectivity index (χ2v) is 3.44. The molecule has 2 atom stereocenters. The van der Waals surface area contributed by atoms with Crippen molar-refractivity contribution in [3.8, 4) is 0 Å². The zero-order chi connectivity index (χ0) is 9.19. The number of rotatable bonds is 2. The molecule has 1 aromatic carbocycles. The van der Waals surface area contributed by atoms with Gasteiger partial charge in [0, 0.05) is 6.04 Å². The summed E-state index contributed by atoms with van der Waals surface area (Å²) < 4.78 is 0. The van der Waals surface area contributed by atoms with Gasteiger partial charge in [0.05, 0.1) is 5.54 Å².